The quantitative estimate of drug-likeness (QED) is 0.797. The second kappa shape index (κ2) is 5.61. The van der Waals surface area contributed by atoms with Crippen LogP contribution in [0.15, 0.2) is 30.6 Å². The van der Waals surface area contributed by atoms with Crippen LogP contribution in [0.2, 0.25) is 0 Å². The van der Waals surface area contributed by atoms with Crippen molar-refractivity contribution in [2.24, 2.45) is 7.05 Å². The molecule has 0 aliphatic rings. The number of aryl methyl sites for hydroxylation is 3. The van der Waals surface area contributed by atoms with Gasteiger partial charge in [0.05, 0.1) is 5.69 Å². The second-order valence-corrected chi connectivity index (χ2v) is 5.34. The van der Waals surface area contributed by atoms with Crippen LogP contribution in [0.25, 0.3) is 11.0 Å². The third-order valence-electron chi connectivity index (χ3n) is 3.55. The summed E-state index contributed by atoms with van der Waals surface area (Å²) in [5.74, 6) is 0. The minimum atomic E-state index is 0.783. The van der Waals surface area contributed by atoms with E-state index in [2.05, 4.69) is 32.5 Å². The Morgan fingerprint density at radius 1 is 1.05 bits per heavy atom. The van der Waals surface area contributed by atoms with E-state index in [-0.39, 0.29) is 0 Å². The van der Waals surface area contributed by atoms with E-state index in [9.17, 15) is 0 Å². The van der Waals surface area contributed by atoms with Crippen LogP contribution in [0.3, 0.4) is 0 Å². The van der Waals surface area contributed by atoms with Gasteiger partial charge in [-0.1, -0.05) is 6.07 Å². The number of pyridine rings is 2. The molecule has 0 aromatic carbocycles. The summed E-state index contributed by atoms with van der Waals surface area (Å²) >= 11 is 0. The number of rotatable bonds is 4. The molecule has 0 radical (unpaired) electrons. The molecule has 5 nitrogen and oxygen atoms in total. The van der Waals surface area contributed by atoms with E-state index in [0.717, 1.165) is 35.5 Å². The molecule has 0 atom stereocenters. The molecule has 0 aliphatic carbocycles. The fourth-order valence-electron chi connectivity index (χ4n) is 2.40. The van der Waals surface area contributed by atoms with Crippen molar-refractivity contribution in [3.8, 4) is 0 Å². The molecule has 0 aliphatic heterocycles. The highest BCUT2D eigenvalue weighted by Gasteiger charge is 2.06. The van der Waals surface area contributed by atoms with Gasteiger partial charge in [0.1, 0.15) is 0 Å². The zero-order valence-electron chi connectivity index (χ0n) is 12.6. The Labute approximate surface area is 124 Å². The first-order valence-corrected chi connectivity index (χ1v) is 7.04. The lowest BCUT2D eigenvalue weighted by Crippen LogP contribution is -2.13. The van der Waals surface area contributed by atoms with Crippen molar-refractivity contribution in [1.82, 2.24) is 25.1 Å². The molecular weight excluding hydrogens is 262 g/mol. The van der Waals surface area contributed by atoms with E-state index in [1.54, 1.807) is 0 Å². The highest BCUT2D eigenvalue weighted by atomic mass is 15.3. The summed E-state index contributed by atoms with van der Waals surface area (Å²) in [5.41, 5.74) is 5.34. The monoisotopic (exact) mass is 281 g/mol. The Balaban J connectivity index is 1.68. The van der Waals surface area contributed by atoms with Crippen molar-refractivity contribution < 1.29 is 0 Å². The Bertz CT molecular complexity index is 758. The van der Waals surface area contributed by atoms with E-state index < -0.39 is 0 Å². The maximum absolute atomic E-state index is 4.49. The number of aromatic nitrogens is 4. The summed E-state index contributed by atoms with van der Waals surface area (Å²) in [6, 6.07) is 6.29. The fraction of sp³-hybridized carbons (Fsp3) is 0.312. The molecule has 21 heavy (non-hydrogen) atoms. The zero-order chi connectivity index (χ0) is 14.8. The van der Waals surface area contributed by atoms with Crippen LogP contribution in [-0.2, 0) is 20.1 Å². The predicted octanol–water partition coefficient (Wildman–Crippen LogP) is 2.27. The topological polar surface area (TPSA) is 55.6 Å². The van der Waals surface area contributed by atoms with Crippen LogP contribution in [0.5, 0.6) is 0 Å². The molecule has 0 unspecified atom stereocenters. The molecule has 3 heterocycles. The van der Waals surface area contributed by atoms with Gasteiger partial charge < -0.3 is 5.32 Å². The third-order valence-corrected chi connectivity index (χ3v) is 3.55. The molecule has 0 saturated carbocycles. The Kier molecular flexibility index (Phi) is 3.66. The normalized spacial score (nSPS) is 11.2. The first-order valence-electron chi connectivity index (χ1n) is 7.04. The molecule has 0 spiro atoms. The van der Waals surface area contributed by atoms with E-state index in [0.29, 0.717) is 0 Å². The van der Waals surface area contributed by atoms with Crippen LogP contribution in [-0.4, -0.2) is 19.7 Å². The minimum Gasteiger partial charge on any atom is -0.309 e. The van der Waals surface area contributed by atoms with E-state index in [4.69, 9.17) is 0 Å². The summed E-state index contributed by atoms with van der Waals surface area (Å²) in [5, 5.41) is 8.93. The highest BCUT2D eigenvalue weighted by Crippen LogP contribution is 2.16. The smallest absolute Gasteiger partial charge is 0.157 e. The van der Waals surface area contributed by atoms with Crippen LogP contribution in [0.4, 0.5) is 0 Å². The summed E-state index contributed by atoms with van der Waals surface area (Å²) < 4.78 is 1.82. The van der Waals surface area contributed by atoms with Crippen molar-refractivity contribution in [2.45, 2.75) is 26.9 Å². The molecule has 3 rings (SSSR count). The highest BCUT2D eigenvalue weighted by molar-refractivity contribution is 5.78. The first-order chi connectivity index (χ1) is 10.1. The molecule has 108 valence electrons. The average molecular weight is 281 g/mol. The van der Waals surface area contributed by atoms with Gasteiger partial charge in [-0.15, -0.1) is 0 Å². The van der Waals surface area contributed by atoms with E-state index >= 15 is 0 Å². The van der Waals surface area contributed by atoms with Crippen molar-refractivity contribution in [1.29, 1.82) is 0 Å². The SMILES string of the molecule is Cc1ccc(CNCc2cnc3c(c2)c(C)nn3C)cn1. The van der Waals surface area contributed by atoms with Crippen LogP contribution < -0.4 is 5.32 Å². The largest absolute Gasteiger partial charge is 0.309 e. The van der Waals surface area contributed by atoms with Crippen molar-refractivity contribution in [3.63, 3.8) is 0 Å². The Morgan fingerprint density at radius 3 is 2.57 bits per heavy atom. The Morgan fingerprint density at radius 2 is 1.81 bits per heavy atom. The van der Waals surface area contributed by atoms with Gasteiger partial charge >= 0.3 is 0 Å². The van der Waals surface area contributed by atoms with Crippen molar-refractivity contribution in [2.75, 3.05) is 0 Å². The van der Waals surface area contributed by atoms with Crippen molar-refractivity contribution in [3.05, 3.63) is 53.1 Å². The maximum atomic E-state index is 4.49. The third kappa shape index (κ3) is 2.92. The number of hydrogen-bond acceptors (Lipinski definition) is 4. The molecule has 1 N–H and O–H groups in total. The molecule has 0 bridgehead atoms. The van der Waals surface area contributed by atoms with Gasteiger partial charge in [0.15, 0.2) is 5.65 Å². The molecule has 0 fully saturated rings. The van der Waals surface area contributed by atoms with Gasteiger partial charge in [-0.3, -0.25) is 9.67 Å². The standard InChI is InChI=1S/C16H19N5/c1-11-4-5-13(9-18-11)7-17-8-14-6-15-12(2)20-21(3)16(15)19-10-14/h4-6,9-10,17H,7-8H2,1-3H3. The van der Waals surface area contributed by atoms with Gasteiger partial charge in [-0.25, -0.2) is 4.98 Å². The summed E-state index contributed by atoms with van der Waals surface area (Å²) in [4.78, 5) is 8.78. The number of nitrogens with zero attached hydrogens (tertiary/aromatic N) is 4. The van der Waals surface area contributed by atoms with Gasteiger partial charge in [0, 0.05) is 43.6 Å². The summed E-state index contributed by atoms with van der Waals surface area (Å²) in [6.07, 6.45) is 3.82. The molecule has 3 aromatic heterocycles. The lowest BCUT2D eigenvalue weighted by atomic mass is 10.2. The molecule has 3 aromatic rings. The van der Waals surface area contributed by atoms with E-state index in [1.165, 1.54) is 11.1 Å². The van der Waals surface area contributed by atoms with E-state index in [1.807, 2.05) is 44.0 Å². The van der Waals surface area contributed by atoms with Gasteiger partial charge in [0.2, 0.25) is 0 Å². The van der Waals surface area contributed by atoms with Crippen LogP contribution >= 0.6 is 0 Å². The molecular formula is C16H19N5. The number of hydrogen-bond donors (Lipinski definition) is 1. The summed E-state index contributed by atoms with van der Waals surface area (Å²) in [7, 11) is 1.92. The second-order valence-electron chi connectivity index (χ2n) is 5.34. The van der Waals surface area contributed by atoms with Gasteiger partial charge in [-0.05, 0) is 37.1 Å². The molecule has 5 heteroatoms. The lowest BCUT2D eigenvalue weighted by Gasteiger charge is -2.05. The Hall–Kier alpha value is -2.27. The van der Waals surface area contributed by atoms with Gasteiger partial charge in [-0.2, -0.15) is 5.10 Å². The predicted molar refractivity (Wildman–Crippen MR) is 82.8 cm³/mol. The van der Waals surface area contributed by atoms with Crippen molar-refractivity contribution >= 4 is 11.0 Å². The zero-order valence-corrected chi connectivity index (χ0v) is 12.6. The molecule has 0 saturated heterocycles. The number of nitrogens with one attached hydrogen (secondary N) is 1. The average Bonchev–Trinajstić information content (AvgIpc) is 2.76. The van der Waals surface area contributed by atoms with Gasteiger partial charge in [0.25, 0.3) is 0 Å². The van der Waals surface area contributed by atoms with Crippen LogP contribution in [0.1, 0.15) is 22.5 Å². The fourth-order valence-corrected chi connectivity index (χ4v) is 2.40. The lowest BCUT2D eigenvalue weighted by molar-refractivity contribution is 0.689. The number of fused-ring (bicyclic) bond motifs is 1. The summed E-state index contributed by atoms with van der Waals surface area (Å²) in [6.45, 7) is 5.59. The van der Waals surface area contributed by atoms with Crippen LogP contribution in [0, 0.1) is 13.8 Å². The molecule has 0 amide bonds. The first kappa shape index (κ1) is 13.7. The maximum Gasteiger partial charge on any atom is 0.157 e. The minimum absolute atomic E-state index is 0.783.